The molecule has 122 valence electrons. The highest BCUT2D eigenvalue weighted by molar-refractivity contribution is 7.89. The first kappa shape index (κ1) is 16.4. The Labute approximate surface area is 143 Å². The number of carbonyl (C=O) groups excluding carboxylic acids is 1. The molecule has 0 radical (unpaired) electrons. The van der Waals surface area contributed by atoms with E-state index >= 15 is 0 Å². The molecule has 0 fully saturated rings. The lowest BCUT2D eigenvalue weighted by Crippen LogP contribution is -2.41. The van der Waals surface area contributed by atoms with E-state index in [4.69, 9.17) is 11.6 Å². The topological polar surface area (TPSA) is 88.2 Å². The summed E-state index contributed by atoms with van der Waals surface area (Å²) in [5.41, 5.74) is 3.22. The lowest BCUT2D eigenvalue weighted by atomic mass is 10.1. The van der Waals surface area contributed by atoms with Crippen LogP contribution in [0.5, 0.6) is 0 Å². The Balaban J connectivity index is 1.78. The van der Waals surface area contributed by atoms with Gasteiger partial charge in [0.1, 0.15) is 4.90 Å². The van der Waals surface area contributed by atoms with Crippen molar-refractivity contribution in [1.82, 2.24) is 15.2 Å². The lowest BCUT2D eigenvalue weighted by Gasteiger charge is -2.10. The van der Waals surface area contributed by atoms with E-state index < -0.39 is 15.9 Å². The zero-order valence-electron chi connectivity index (χ0n) is 12.2. The van der Waals surface area contributed by atoms with Crippen LogP contribution < -0.4 is 10.3 Å². The second kappa shape index (κ2) is 6.56. The van der Waals surface area contributed by atoms with Crippen molar-refractivity contribution in [1.29, 1.82) is 0 Å². The summed E-state index contributed by atoms with van der Waals surface area (Å²) in [4.78, 5) is 18.2. The smallest absolute Gasteiger partial charge is 0.266 e. The molecule has 2 aromatic carbocycles. The number of hydrogen-bond donors (Lipinski definition) is 2. The zero-order chi connectivity index (χ0) is 17.2. The van der Waals surface area contributed by atoms with Crippen LogP contribution in [0.15, 0.2) is 65.7 Å². The zero-order valence-corrected chi connectivity index (χ0v) is 13.8. The highest BCUT2D eigenvalue weighted by Gasteiger charge is 2.18. The summed E-state index contributed by atoms with van der Waals surface area (Å²) < 4.78 is 24.4. The van der Waals surface area contributed by atoms with E-state index in [1.807, 2.05) is 10.9 Å². The number of sulfonamides is 1. The molecule has 0 saturated heterocycles. The van der Waals surface area contributed by atoms with Crippen molar-refractivity contribution in [3.63, 3.8) is 0 Å². The van der Waals surface area contributed by atoms with Gasteiger partial charge < -0.3 is 0 Å². The molecule has 1 heterocycles. The van der Waals surface area contributed by atoms with Gasteiger partial charge >= 0.3 is 0 Å². The van der Waals surface area contributed by atoms with Gasteiger partial charge in [-0.05, 0) is 36.4 Å². The van der Waals surface area contributed by atoms with Crippen molar-refractivity contribution in [2.45, 2.75) is 4.90 Å². The summed E-state index contributed by atoms with van der Waals surface area (Å²) in [6.07, 6.45) is 1.65. The number of halogens is 1. The predicted molar refractivity (Wildman–Crippen MR) is 91.0 cm³/mol. The molecule has 0 aliphatic rings. The molecule has 1 amide bonds. The molecule has 3 rings (SSSR count). The summed E-state index contributed by atoms with van der Waals surface area (Å²) in [6, 6.07) is 14.4. The van der Waals surface area contributed by atoms with Crippen LogP contribution in [-0.2, 0) is 10.0 Å². The minimum absolute atomic E-state index is 0.0658. The molecule has 0 aliphatic carbocycles. The Bertz CT molecular complexity index is 1020. The van der Waals surface area contributed by atoms with E-state index in [2.05, 4.69) is 10.4 Å². The predicted octanol–water partition coefficient (Wildman–Crippen LogP) is 2.51. The van der Waals surface area contributed by atoms with Crippen molar-refractivity contribution in [2.24, 2.45) is 0 Å². The first-order chi connectivity index (χ1) is 11.5. The van der Waals surface area contributed by atoms with E-state index in [0.717, 1.165) is 10.9 Å². The number of nitrogens with one attached hydrogen (secondary N) is 2. The van der Waals surface area contributed by atoms with Crippen molar-refractivity contribution in [3.8, 4) is 0 Å². The normalized spacial score (nSPS) is 11.4. The average Bonchev–Trinajstić information content (AvgIpc) is 2.59. The minimum atomic E-state index is -3.96. The van der Waals surface area contributed by atoms with Gasteiger partial charge in [0.2, 0.25) is 0 Å². The van der Waals surface area contributed by atoms with Gasteiger partial charge in [-0.25, -0.2) is 8.42 Å². The highest BCUT2D eigenvalue weighted by atomic mass is 35.5. The molecule has 0 spiro atoms. The summed E-state index contributed by atoms with van der Waals surface area (Å²) in [5, 5.41) is 0.843. The maximum absolute atomic E-state index is 12.2. The van der Waals surface area contributed by atoms with Crippen LogP contribution in [0.4, 0.5) is 0 Å². The summed E-state index contributed by atoms with van der Waals surface area (Å²) in [7, 11) is -3.96. The average molecular weight is 362 g/mol. The van der Waals surface area contributed by atoms with E-state index in [1.54, 1.807) is 42.6 Å². The standard InChI is InChI=1S/C16H12ClN3O3S/c17-13-5-1-2-6-15(13)24(22,23)20-19-16(21)12-7-8-14-11(10-12)4-3-9-18-14/h1-10,20H,(H,19,21). The maximum Gasteiger partial charge on any atom is 0.266 e. The largest absolute Gasteiger partial charge is 0.273 e. The summed E-state index contributed by atoms with van der Waals surface area (Å²) in [5.74, 6) is -0.587. The molecule has 0 bridgehead atoms. The maximum atomic E-state index is 12.2. The number of pyridine rings is 1. The van der Waals surface area contributed by atoms with Gasteiger partial charge in [0, 0.05) is 17.1 Å². The van der Waals surface area contributed by atoms with Crippen LogP contribution in [0.1, 0.15) is 10.4 Å². The van der Waals surface area contributed by atoms with Crippen LogP contribution in [-0.4, -0.2) is 19.3 Å². The Morgan fingerprint density at radius 1 is 1.04 bits per heavy atom. The number of rotatable bonds is 4. The highest BCUT2D eigenvalue weighted by Crippen LogP contribution is 2.19. The minimum Gasteiger partial charge on any atom is -0.273 e. The van der Waals surface area contributed by atoms with Crippen LogP contribution in [0, 0.1) is 0 Å². The molecule has 6 nitrogen and oxygen atoms in total. The molecule has 3 aromatic rings. The van der Waals surface area contributed by atoms with Crippen LogP contribution in [0.25, 0.3) is 10.9 Å². The number of aromatic nitrogens is 1. The Kier molecular flexibility index (Phi) is 4.48. The molecule has 0 aliphatic heterocycles. The monoisotopic (exact) mass is 361 g/mol. The van der Waals surface area contributed by atoms with Crippen LogP contribution in [0.3, 0.4) is 0 Å². The summed E-state index contributed by atoms with van der Waals surface area (Å²) in [6.45, 7) is 0. The molecule has 2 N–H and O–H groups in total. The van der Waals surface area contributed by atoms with Gasteiger partial charge in [-0.2, -0.15) is 0 Å². The number of hydrogen-bond acceptors (Lipinski definition) is 4. The second-order valence-corrected chi connectivity index (χ2v) is 6.96. The fourth-order valence-corrected chi connectivity index (χ4v) is 3.48. The number of benzene rings is 2. The molecule has 0 atom stereocenters. The fourth-order valence-electron chi connectivity index (χ4n) is 2.12. The van der Waals surface area contributed by atoms with Gasteiger partial charge in [0.15, 0.2) is 0 Å². The van der Waals surface area contributed by atoms with Gasteiger partial charge in [-0.1, -0.05) is 29.8 Å². The molecular formula is C16H12ClN3O3S. The van der Waals surface area contributed by atoms with E-state index in [1.165, 1.54) is 12.1 Å². The van der Waals surface area contributed by atoms with Crippen LogP contribution in [0.2, 0.25) is 5.02 Å². The van der Waals surface area contributed by atoms with Crippen molar-refractivity contribution < 1.29 is 13.2 Å². The number of fused-ring (bicyclic) bond motifs is 1. The quantitative estimate of drug-likeness (QED) is 0.699. The Morgan fingerprint density at radius 2 is 1.83 bits per heavy atom. The first-order valence-electron chi connectivity index (χ1n) is 6.89. The van der Waals surface area contributed by atoms with Gasteiger partial charge in [-0.15, -0.1) is 4.83 Å². The number of hydrazine groups is 1. The van der Waals surface area contributed by atoms with Crippen molar-refractivity contribution in [3.05, 3.63) is 71.4 Å². The van der Waals surface area contributed by atoms with Gasteiger partial charge in [-0.3, -0.25) is 15.2 Å². The molecule has 0 saturated carbocycles. The van der Waals surface area contributed by atoms with Crippen molar-refractivity contribution >= 4 is 38.4 Å². The molecule has 0 unspecified atom stereocenters. The molecule has 1 aromatic heterocycles. The van der Waals surface area contributed by atoms with Crippen molar-refractivity contribution in [2.75, 3.05) is 0 Å². The van der Waals surface area contributed by atoms with E-state index in [0.29, 0.717) is 5.56 Å². The first-order valence-corrected chi connectivity index (χ1v) is 8.75. The van der Waals surface area contributed by atoms with E-state index in [-0.39, 0.29) is 9.92 Å². The Morgan fingerprint density at radius 3 is 2.62 bits per heavy atom. The van der Waals surface area contributed by atoms with Crippen LogP contribution >= 0.6 is 11.6 Å². The third kappa shape index (κ3) is 3.38. The fraction of sp³-hybridized carbons (Fsp3) is 0. The number of nitrogens with zero attached hydrogens (tertiary/aromatic N) is 1. The lowest BCUT2D eigenvalue weighted by molar-refractivity contribution is 0.0945. The van der Waals surface area contributed by atoms with E-state index in [9.17, 15) is 13.2 Å². The number of amides is 1. The summed E-state index contributed by atoms with van der Waals surface area (Å²) >= 11 is 5.87. The second-order valence-electron chi connectivity index (χ2n) is 4.90. The van der Waals surface area contributed by atoms with Gasteiger partial charge in [0.05, 0.1) is 10.5 Å². The number of carbonyl (C=O) groups is 1. The third-order valence-corrected chi connectivity index (χ3v) is 5.04. The van der Waals surface area contributed by atoms with Gasteiger partial charge in [0.25, 0.3) is 15.9 Å². The third-order valence-electron chi connectivity index (χ3n) is 3.29. The molecule has 8 heteroatoms. The molecular weight excluding hydrogens is 350 g/mol. The molecule has 24 heavy (non-hydrogen) atoms. The SMILES string of the molecule is O=C(NNS(=O)(=O)c1ccccc1Cl)c1ccc2ncccc2c1. The Hall–Kier alpha value is -2.48.